The maximum Gasteiger partial charge on any atom is 0.242 e. The van der Waals surface area contributed by atoms with Crippen molar-refractivity contribution in [3.8, 4) is 0 Å². The summed E-state index contributed by atoms with van der Waals surface area (Å²) in [5, 5.41) is 11.6. The number of aryl methyl sites for hydroxylation is 1. The van der Waals surface area contributed by atoms with Gasteiger partial charge in [0.05, 0.1) is 6.54 Å². The first kappa shape index (κ1) is 14.4. The zero-order valence-corrected chi connectivity index (χ0v) is 13.3. The van der Waals surface area contributed by atoms with E-state index in [0.717, 1.165) is 43.1 Å². The molecule has 1 N–H and O–H groups in total. The third kappa shape index (κ3) is 2.86. The van der Waals surface area contributed by atoms with E-state index < -0.39 is 0 Å². The molecule has 1 aromatic carbocycles. The van der Waals surface area contributed by atoms with Crippen molar-refractivity contribution in [3.63, 3.8) is 0 Å². The first-order chi connectivity index (χ1) is 11.2. The van der Waals surface area contributed by atoms with E-state index in [4.69, 9.17) is 0 Å². The standard InChI is InChI=1S/C17H21N5O/c1-12-19-20-15-11-21(9-10-22(12)15)16(13-5-3-2-4-6-13)17(23)18-14-7-8-14/h2-6,14,16H,7-11H2,1H3,(H,18,23). The molecule has 2 heterocycles. The van der Waals surface area contributed by atoms with Crippen LogP contribution in [-0.4, -0.2) is 38.2 Å². The lowest BCUT2D eigenvalue weighted by molar-refractivity contribution is -0.127. The largest absolute Gasteiger partial charge is 0.352 e. The molecular formula is C17H21N5O. The monoisotopic (exact) mass is 311 g/mol. The molecule has 0 radical (unpaired) electrons. The van der Waals surface area contributed by atoms with Gasteiger partial charge in [-0.3, -0.25) is 9.69 Å². The number of hydrogen-bond donors (Lipinski definition) is 1. The van der Waals surface area contributed by atoms with Gasteiger partial charge in [0.2, 0.25) is 5.91 Å². The highest BCUT2D eigenvalue weighted by atomic mass is 16.2. The highest BCUT2D eigenvalue weighted by molar-refractivity contribution is 5.83. The van der Waals surface area contributed by atoms with Crippen LogP contribution in [0, 0.1) is 6.92 Å². The summed E-state index contributed by atoms with van der Waals surface area (Å²) in [5.74, 6) is 1.98. The number of nitrogens with zero attached hydrogens (tertiary/aromatic N) is 4. The zero-order chi connectivity index (χ0) is 15.8. The van der Waals surface area contributed by atoms with Gasteiger partial charge in [-0.1, -0.05) is 30.3 Å². The highest BCUT2D eigenvalue weighted by Gasteiger charge is 2.34. The van der Waals surface area contributed by atoms with Gasteiger partial charge in [0, 0.05) is 19.1 Å². The van der Waals surface area contributed by atoms with Gasteiger partial charge in [-0.15, -0.1) is 10.2 Å². The molecule has 1 fully saturated rings. The molecule has 23 heavy (non-hydrogen) atoms. The molecule has 1 amide bonds. The topological polar surface area (TPSA) is 63.1 Å². The Morgan fingerprint density at radius 2 is 2.00 bits per heavy atom. The first-order valence-electron chi connectivity index (χ1n) is 8.20. The summed E-state index contributed by atoms with van der Waals surface area (Å²) in [4.78, 5) is 15.0. The molecule has 1 aliphatic carbocycles. The van der Waals surface area contributed by atoms with Gasteiger partial charge in [0.1, 0.15) is 17.7 Å². The molecule has 2 aromatic rings. The predicted molar refractivity (Wildman–Crippen MR) is 85.5 cm³/mol. The van der Waals surface area contributed by atoms with Gasteiger partial charge in [-0.05, 0) is 25.3 Å². The number of nitrogens with one attached hydrogen (secondary N) is 1. The van der Waals surface area contributed by atoms with Crippen LogP contribution in [0.25, 0.3) is 0 Å². The van der Waals surface area contributed by atoms with Gasteiger partial charge in [-0.25, -0.2) is 0 Å². The van der Waals surface area contributed by atoms with Crippen LogP contribution in [-0.2, 0) is 17.9 Å². The van der Waals surface area contributed by atoms with E-state index in [1.54, 1.807) is 0 Å². The molecular weight excluding hydrogens is 290 g/mol. The highest BCUT2D eigenvalue weighted by Crippen LogP contribution is 2.27. The van der Waals surface area contributed by atoms with E-state index in [1.165, 1.54) is 0 Å². The lowest BCUT2D eigenvalue weighted by Crippen LogP contribution is -2.44. The number of aromatic nitrogens is 3. The van der Waals surface area contributed by atoms with E-state index in [0.29, 0.717) is 12.6 Å². The Balaban J connectivity index is 1.61. The molecule has 120 valence electrons. The van der Waals surface area contributed by atoms with Gasteiger partial charge in [0.25, 0.3) is 0 Å². The maximum atomic E-state index is 12.8. The van der Waals surface area contributed by atoms with Crippen molar-refractivity contribution in [3.05, 3.63) is 47.5 Å². The molecule has 1 aromatic heterocycles. The zero-order valence-electron chi connectivity index (χ0n) is 13.3. The van der Waals surface area contributed by atoms with Crippen LogP contribution in [0.3, 0.4) is 0 Å². The molecule has 6 nitrogen and oxygen atoms in total. The summed E-state index contributed by atoms with van der Waals surface area (Å²) in [5.41, 5.74) is 1.04. The van der Waals surface area contributed by atoms with E-state index in [2.05, 4.69) is 25.0 Å². The first-order valence-corrected chi connectivity index (χ1v) is 8.20. The van der Waals surface area contributed by atoms with Gasteiger partial charge in [-0.2, -0.15) is 0 Å². The normalized spacial score (nSPS) is 19.2. The maximum absolute atomic E-state index is 12.8. The van der Waals surface area contributed by atoms with E-state index in [1.807, 2.05) is 37.3 Å². The molecule has 2 aliphatic rings. The molecule has 1 atom stereocenters. The Hall–Kier alpha value is -2.21. The number of carbonyl (C=O) groups is 1. The van der Waals surface area contributed by atoms with Crippen molar-refractivity contribution >= 4 is 5.91 Å². The summed E-state index contributed by atoms with van der Waals surface area (Å²) in [6.07, 6.45) is 2.20. The van der Waals surface area contributed by atoms with Gasteiger partial charge >= 0.3 is 0 Å². The van der Waals surface area contributed by atoms with Crippen LogP contribution in [0.2, 0.25) is 0 Å². The van der Waals surface area contributed by atoms with Crippen molar-refractivity contribution in [2.75, 3.05) is 6.54 Å². The van der Waals surface area contributed by atoms with Crippen molar-refractivity contribution in [1.29, 1.82) is 0 Å². The second kappa shape index (κ2) is 5.77. The molecule has 0 spiro atoms. The van der Waals surface area contributed by atoms with E-state index in [-0.39, 0.29) is 11.9 Å². The Morgan fingerprint density at radius 3 is 2.74 bits per heavy atom. The second-order valence-electron chi connectivity index (χ2n) is 6.38. The fourth-order valence-electron chi connectivity index (χ4n) is 3.21. The summed E-state index contributed by atoms with van der Waals surface area (Å²) in [6, 6.07) is 10.1. The van der Waals surface area contributed by atoms with Crippen LogP contribution < -0.4 is 5.32 Å². The van der Waals surface area contributed by atoms with Crippen LogP contribution >= 0.6 is 0 Å². The third-order valence-corrected chi connectivity index (χ3v) is 4.62. The Morgan fingerprint density at radius 1 is 1.22 bits per heavy atom. The quantitative estimate of drug-likeness (QED) is 0.927. The SMILES string of the molecule is Cc1nnc2n1CCN(C(C(=O)NC1CC1)c1ccccc1)C2. The fourth-order valence-corrected chi connectivity index (χ4v) is 3.21. The number of hydrogen-bond acceptors (Lipinski definition) is 4. The lowest BCUT2D eigenvalue weighted by Gasteiger charge is -2.34. The van der Waals surface area contributed by atoms with Crippen LogP contribution in [0.15, 0.2) is 30.3 Å². The summed E-state index contributed by atoms with van der Waals surface area (Å²) in [7, 11) is 0. The average molecular weight is 311 g/mol. The van der Waals surface area contributed by atoms with Crippen molar-refractivity contribution in [1.82, 2.24) is 25.0 Å². The Bertz CT molecular complexity index is 707. The third-order valence-electron chi connectivity index (χ3n) is 4.62. The van der Waals surface area contributed by atoms with Crippen LogP contribution in [0.1, 0.15) is 36.1 Å². The summed E-state index contributed by atoms with van der Waals surface area (Å²) in [6.45, 7) is 4.27. The van der Waals surface area contributed by atoms with Crippen LogP contribution in [0.5, 0.6) is 0 Å². The minimum Gasteiger partial charge on any atom is -0.352 e. The lowest BCUT2D eigenvalue weighted by atomic mass is 10.0. The molecule has 1 unspecified atom stereocenters. The molecule has 1 saturated carbocycles. The fraction of sp³-hybridized carbons (Fsp3) is 0.471. The smallest absolute Gasteiger partial charge is 0.242 e. The molecule has 0 saturated heterocycles. The van der Waals surface area contributed by atoms with Crippen molar-refractivity contribution in [2.24, 2.45) is 0 Å². The number of benzene rings is 1. The molecule has 6 heteroatoms. The summed E-state index contributed by atoms with van der Waals surface area (Å²) >= 11 is 0. The molecule has 4 rings (SSSR count). The molecule has 1 aliphatic heterocycles. The number of carbonyl (C=O) groups excluding carboxylic acids is 1. The minimum absolute atomic E-state index is 0.100. The number of amides is 1. The van der Waals surface area contributed by atoms with Gasteiger partial charge in [0.15, 0.2) is 0 Å². The minimum atomic E-state index is -0.262. The van der Waals surface area contributed by atoms with Crippen LogP contribution in [0.4, 0.5) is 0 Å². The Kier molecular flexibility index (Phi) is 3.61. The van der Waals surface area contributed by atoms with Crippen molar-refractivity contribution < 1.29 is 4.79 Å². The number of rotatable bonds is 4. The van der Waals surface area contributed by atoms with Gasteiger partial charge < -0.3 is 9.88 Å². The number of fused-ring (bicyclic) bond motifs is 1. The Labute approximate surface area is 135 Å². The second-order valence-corrected chi connectivity index (χ2v) is 6.38. The predicted octanol–water partition coefficient (Wildman–Crippen LogP) is 1.42. The van der Waals surface area contributed by atoms with E-state index in [9.17, 15) is 4.79 Å². The average Bonchev–Trinajstić information content (AvgIpc) is 3.30. The van der Waals surface area contributed by atoms with Crippen molar-refractivity contribution in [2.45, 2.75) is 44.9 Å². The summed E-state index contributed by atoms with van der Waals surface area (Å²) < 4.78 is 2.14. The van der Waals surface area contributed by atoms with E-state index >= 15 is 0 Å². The molecule has 0 bridgehead atoms.